The van der Waals surface area contributed by atoms with Gasteiger partial charge in [-0.05, 0) is 40.6 Å². The smallest absolute Gasteiger partial charge is 0.407 e. The Bertz CT molecular complexity index is 1880. The summed E-state index contributed by atoms with van der Waals surface area (Å²) in [6, 6.07) is 10.1. The van der Waals surface area contributed by atoms with E-state index in [2.05, 4.69) is 67.9 Å². The number of hydrogen-bond donors (Lipinski definition) is 1. The van der Waals surface area contributed by atoms with Crippen LogP contribution in [0.2, 0.25) is 21.8 Å². The zero-order valence-corrected chi connectivity index (χ0v) is 28.1. The number of hydrogen-bond acceptors (Lipinski definition) is 4. The van der Waals surface area contributed by atoms with E-state index in [1.54, 1.807) is 30.5 Å². The van der Waals surface area contributed by atoms with Crippen molar-refractivity contribution in [3.63, 3.8) is 0 Å². The molecule has 0 spiro atoms. The highest BCUT2D eigenvalue weighted by molar-refractivity contribution is 6.90. The van der Waals surface area contributed by atoms with Gasteiger partial charge in [-0.3, -0.25) is 4.98 Å². The molecule has 1 amide bonds. The van der Waals surface area contributed by atoms with Crippen LogP contribution in [0.1, 0.15) is 53.5 Å². The molecule has 0 unspecified atom stereocenters. The van der Waals surface area contributed by atoms with E-state index in [0.29, 0.717) is 58.2 Å². The maximum atomic E-state index is 16.6. The highest BCUT2D eigenvalue weighted by Crippen LogP contribution is 2.43. The number of fused-ring (bicyclic) bond motifs is 3. The zero-order chi connectivity index (χ0) is 32.4. The minimum absolute atomic E-state index is 0.0223. The number of likely N-dealkylation sites (tertiary alicyclic amines) is 1. The molecule has 0 radical (unpaired) electrons. The van der Waals surface area contributed by atoms with Crippen LogP contribution in [0.25, 0.3) is 32.9 Å². The van der Waals surface area contributed by atoms with E-state index in [9.17, 15) is 9.90 Å². The predicted octanol–water partition coefficient (Wildman–Crippen LogP) is 8.89. The average molecular weight is 647 g/mol. The van der Waals surface area contributed by atoms with E-state index in [1.165, 1.54) is 11.0 Å². The van der Waals surface area contributed by atoms with Crippen molar-refractivity contribution in [3.05, 3.63) is 64.9 Å². The number of benzene rings is 2. The summed E-state index contributed by atoms with van der Waals surface area (Å²) in [4.78, 5) is 24.1. The lowest BCUT2D eigenvalue weighted by Crippen LogP contribution is -2.62. The van der Waals surface area contributed by atoms with E-state index in [0.717, 1.165) is 5.39 Å². The Kier molecular flexibility index (Phi) is 8.03. The van der Waals surface area contributed by atoms with Crippen molar-refractivity contribution in [1.29, 1.82) is 0 Å². The Labute approximate surface area is 268 Å². The summed E-state index contributed by atoms with van der Waals surface area (Å²) in [6.07, 6.45) is 1.33. The van der Waals surface area contributed by atoms with Crippen LogP contribution in [0.3, 0.4) is 0 Å². The van der Waals surface area contributed by atoms with Crippen molar-refractivity contribution < 1.29 is 18.7 Å². The molecule has 2 aromatic carbocycles. The van der Waals surface area contributed by atoms with Gasteiger partial charge >= 0.3 is 6.09 Å². The van der Waals surface area contributed by atoms with Crippen molar-refractivity contribution in [3.8, 4) is 22.7 Å². The fourth-order valence-corrected chi connectivity index (χ4v) is 13.3. The maximum Gasteiger partial charge on any atom is 0.407 e. The Morgan fingerprint density at radius 1 is 1.07 bits per heavy atom. The van der Waals surface area contributed by atoms with Gasteiger partial charge < -0.3 is 14.9 Å². The van der Waals surface area contributed by atoms with Gasteiger partial charge in [0.15, 0.2) is 5.82 Å². The first-order valence-corrected chi connectivity index (χ1v) is 18.1. The molecule has 6 nitrogen and oxygen atoms in total. The Balaban J connectivity index is 1.51. The molecule has 6 rings (SSSR count). The number of aromatic nitrogens is 2. The molecular formula is C35H37ClF2N4O2Si. The van der Waals surface area contributed by atoms with E-state index in [1.807, 2.05) is 6.07 Å². The first-order valence-electron chi connectivity index (χ1n) is 15.5. The summed E-state index contributed by atoms with van der Waals surface area (Å²) >= 11 is 6.45. The highest BCUT2D eigenvalue weighted by atomic mass is 35.5. The number of pyridine rings is 2. The second kappa shape index (κ2) is 11.6. The van der Waals surface area contributed by atoms with Crippen LogP contribution in [0, 0.1) is 23.1 Å². The summed E-state index contributed by atoms with van der Waals surface area (Å²) in [5.74, 6) is 2.18. The van der Waals surface area contributed by atoms with Gasteiger partial charge in [0.05, 0.1) is 23.3 Å². The SMILES string of the molecule is CC(C)[Si](C#Cc1c(F)ccc2cccc(-c3ncc4c(N5C[C@@H]6[C@H]5CCN6C(=O)O)cc(Cl)nc4c3F)c12)(C(C)C)C(C)C. The Morgan fingerprint density at radius 2 is 1.78 bits per heavy atom. The molecule has 4 aromatic rings. The number of halogens is 3. The van der Waals surface area contributed by atoms with Gasteiger partial charge in [-0.2, -0.15) is 0 Å². The molecule has 4 heterocycles. The van der Waals surface area contributed by atoms with Gasteiger partial charge in [-0.15, -0.1) is 5.54 Å². The molecule has 2 aliphatic heterocycles. The zero-order valence-electron chi connectivity index (χ0n) is 26.3. The van der Waals surface area contributed by atoms with E-state index in [4.69, 9.17) is 11.6 Å². The molecule has 2 saturated heterocycles. The summed E-state index contributed by atoms with van der Waals surface area (Å²) in [7, 11) is -2.19. The van der Waals surface area contributed by atoms with Crippen LogP contribution >= 0.6 is 11.6 Å². The predicted molar refractivity (Wildman–Crippen MR) is 180 cm³/mol. The summed E-state index contributed by atoms with van der Waals surface area (Å²) in [6.45, 7) is 14.2. The lowest BCUT2D eigenvalue weighted by atomic mass is 9.94. The van der Waals surface area contributed by atoms with Crippen LogP contribution in [0.15, 0.2) is 42.6 Å². The molecule has 2 aliphatic rings. The van der Waals surface area contributed by atoms with Crippen LogP contribution in [0.5, 0.6) is 0 Å². The molecule has 234 valence electrons. The minimum atomic E-state index is -2.19. The topological polar surface area (TPSA) is 69.6 Å². The minimum Gasteiger partial charge on any atom is -0.465 e. The number of rotatable bonds is 5. The van der Waals surface area contributed by atoms with E-state index < -0.39 is 25.8 Å². The van der Waals surface area contributed by atoms with Gasteiger partial charge in [0.25, 0.3) is 0 Å². The van der Waals surface area contributed by atoms with Gasteiger partial charge in [0.2, 0.25) is 0 Å². The fraction of sp³-hybridized carbons (Fsp3) is 0.400. The van der Waals surface area contributed by atoms with Crippen LogP contribution in [0.4, 0.5) is 19.3 Å². The lowest BCUT2D eigenvalue weighted by molar-refractivity contribution is 0.129. The molecule has 0 aliphatic carbocycles. The maximum absolute atomic E-state index is 16.6. The molecular weight excluding hydrogens is 610 g/mol. The number of carboxylic acid groups (broad SMARTS) is 1. The Hall–Kier alpha value is -3.74. The summed E-state index contributed by atoms with van der Waals surface area (Å²) < 4.78 is 32.3. The third-order valence-electron chi connectivity index (χ3n) is 10.1. The second-order valence-electron chi connectivity index (χ2n) is 13.2. The van der Waals surface area contributed by atoms with Crippen LogP contribution in [-0.4, -0.2) is 59.3 Å². The van der Waals surface area contributed by atoms with Crippen molar-refractivity contribution in [1.82, 2.24) is 14.9 Å². The molecule has 2 aromatic heterocycles. The summed E-state index contributed by atoms with van der Waals surface area (Å²) in [5, 5.41) is 11.4. The van der Waals surface area contributed by atoms with Crippen LogP contribution < -0.4 is 4.90 Å². The normalized spacial score (nSPS) is 18.1. The summed E-state index contributed by atoms with van der Waals surface area (Å²) in [5.41, 5.74) is 6.19. The largest absolute Gasteiger partial charge is 0.465 e. The first-order chi connectivity index (χ1) is 21.4. The standard InChI is InChI=1S/C35H37ClF2N4O2Si/c1-19(2)45(20(3)4,21(5)6)15-13-23-26(37)11-10-22-8-7-9-24(31(22)23)33-32(38)34-25(17-39-33)28(16-30(36)40-34)42-18-29-27(42)12-14-41(29)35(43)44/h7-11,16-17,19-21,27,29H,12,14,18H2,1-6H3,(H,43,44)/t27-,29-/m1/s1. The molecule has 0 bridgehead atoms. The molecule has 1 N–H and O–H groups in total. The van der Waals surface area contributed by atoms with Gasteiger partial charge in [-0.1, -0.05) is 83.3 Å². The third-order valence-corrected chi connectivity index (χ3v) is 16.6. The van der Waals surface area contributed by atoms with Crippen molar-refractivity contribution in [2.45, 2.75) is 76.7 Å². The average Bonchev–Trinajstić information content (AvgIpc) is 3.30. The molecule has 45 heavy (non-hydrogen) atoms. The Morgan fingerprint density at radius 3 is 2.44 bits per heavy atom. The van der Waals surface area contributed by atoms with Crippen molar-refractivity contribution in [2.24, 2.45) is 0 Å². The van der Waals surface area contributed by atoms with E-state index >= 15 is 8.78 Å². The molecule has 10 heteroatoms. The lowest BCUT2D eigenvalue weighted by Gasteiger charge is -2.47. The van der Waals surface area contributed by atoms with Gasteiger partial charge in [-0.25, -0.2) is 18.6 Å². The molecule has 0 saturated carbocycles. The number of amides is 1. The first kappa shape index (κ1) is 31.2. The fourth-order valence-electron chi connectivity index (χ4n) is 7.94. The van der Waals surface area contributed by atoms with Crippen LogP contribution in [-0.2, 0) is 0 Å². The monoisotopic (exact) mass is 646 g/mol. The second-order valence-corrected chi connectivity index (χ2v) is 19.1. The van der Waals surface area contributed by atoms with Gasteiger partial charge in [0.1, 0.15) is 30.3 Å². The van der Waals surface area contributed by atoms with Gasteiger partial charge in [0, 0.05) is 35.6 Å². The molecule has 2 atom stereocenters. The third kappa shape index (κ3) is 4.94. The number of anilines is 1. The number of carbonyl (C=O) groups is 1. The van der Waals surface area contributed by atoms with E-state index in [-0.39, 0.29) is 34.0 Å². The molecule has 2 fully saturated rings. The van der Waals surface area contributed by atoms with Crippen molar-refractivity contribution in [2.75, 3.05) is 18.0 Å². The van der Waals surface area contributed by atoms with Crippen molar-refractivity contribution >= 4 is 53.1 Å². The number of nitrogens with zero attached hydrogens (tertiary/aromatic N) is 4. The quantitative estimate of drug-likeness (QED) is 0.133. The highest BCUT2D eigenvalue weighted by Gasteiger charge is 2.49.